The lowest BCUT2D eigenvalue weighted by Crippen LogP contribution is -2.40. The van der Waals surface area contributed by atoms with Gasteiger partial charge in [-0.25, -0.2) is 0 Å². The van der Waals surface area contributed by atoms with E-state index in [1.165, 1.54) is 0 Å². The fourth-order valence-electron chi connectivity index (χ4n) is 3.00. The Bertz CT molecular complexity index is 1050. The molecule has 4 heteroatoms. The van der Waals surface area contributed by atoms with Gasteiger partial charge in [0.2, 0.25) is 0 Å². The van der Waals surface area contributed by atoms with E-state index in [9.17, 15) is 9.59 Å². The molecule has 0 aliphatic carbocycles. The lowest BCUT2D eigenvalue weighted by Gasteiger charge is -2.21. The summed E-state index contributed by atoms with van der Waals surface area (Å²) in [7, 11) is 0. The Morgan fingerprint density at radius 3 is 1.97 bits per heavy atom. The van der Waals surface area contributed by atoms with Gasteiger partial charge in [-0.15, -0.1) is 0 Å². The molecule has 0 fully saturated rings. The number of benzene rings is 3. The molecule has 4 nitrogen and oxygen atoms in total. The van der Waals surface area contributed by atoms with Gasteiger partial charge in [-0.3, -0.25) is 9.59 Å². The zero-order valence-electron chi connectivity index (χ0n) is 17.5. The van der Waals surface area contributed by atoms with Gasteiger partial charge in [0, 0.05) is 11.1 Å². The van der Waals surface area contributed by atoms with Crippen molar-refractivity contribution in [2.24, 2.45) is 0 Å². The van der Waals surface area contributed by atoms with Crippen molar-refractivity contribution >= 4 is 29.2 Å². The van der Waals surface area contributed by atoms with Crippen LogP contribution < -0.4 is 10.6 Å². The third-order valence-corrected chi connectivity index (χ3v) is 4.35. The zero-order chi connectivity index (χ0) is 21.6. The van der Waals surface area contributed by atoms with Gasteiger partial charge in [0.1, 0.15) is 0 Å². The van der Waals surface area contributed by atoms with Crippen LogP contribution in [0.25, 0.3) is 11.6 Å². The SMILES string of the molecule is CC(C)(C)NC(=O)c1ccccc1NC(=O)/C(=C/c1ccccc1)c1ccccc1. The molecular weight excluding hydrogens is 372 g/mol. The number of nitrogens with one attached hydrogen (secondary N) is 2. The molecule has 3 aromatic rings. The topological polar surface area (TPSA) is 58.2 Å². The van der Waals surface area contributed by atoms with Gasteiger partial charge >= 0.3 is 0 Å². The molecule has 3 rings (SSSR count). The standard InChI is InChI=1S/C26H26N2O2/c1-26(2,3)28-25(30)21-16-10-11-17-23(21)27-24(29)22(20-14-8-5-9-15-20)18-19-12-6-4-7-13-19/h4-18H,1-3H3,(H,27,29)(H,28,30)/b22-18+. The maximum Gasteiger partial charge on any atom is 0.256 e. The van der Waals surface area contributed by atoms with Crippen molar-refractivity contribution in [2.45, 2.75) is 26.3 Å². The summed E-state index contributed by atoms with van der Waals surface area (Å²) in [5.41, 5.74) is 2.76. The zero-order valence-corrected chi connectivity index (χ0v) is 17.5. The molecule has 0 spiro atoms. The monoisotopic (exact) mass is 398 g/mol. The fraction of sp³-hybridized carbons (Fsp3) is 0.154. The molecule has 0 bridgehead atoms. The van der Waals surface area contributed by atoms with E-state index < -0.39 is 0 Å². The number of hydrogen-bond acceptors (Lipinski definition) is 2. The summed E-state index contributed by atoms with van der Waals surface area (Å²) >= 11 is 0. The van der Waals surface area contributed by atoms with Gasteiger partial charge in [-0.2, -0.15) is 0 Å². The van der Waals surface area contributed by atoms with E-state index in [0.717, 1.165) is 11.1 Å². The molecule has 0 radical (unpaired) electrons. The van der Waals surface area contributed by atoms with E-state index in [1.54, 1.807) is 24.3 Å². The van der Waals surface area contributed by atoms with Crippen molar-refractivity contribution in [3.63, 3.8) is 0 Å². The molecule has 0 heterocycles. The first-order chi connectivity index (χ1) is 14.3. The molecule has 30 heavy (non-hydrogen) atoms. The molecule has 152 valence electrons. The Morgan fingerprint density at radius 1 is 0.767 bits per heavy atom. The molecule has 0 saturated heterocycles. The highest BCUT2D eigenvalue weighted by Crippen LogP contribution is 2.23. The first-order valence-electron chi connectivity index (χ1n) is 9.88. The second-order valence-electron chi connectivity index (χ2n) is 8.04. The minimum Gasteiger partial charge on any atom is -0.347 e. The highest BCUT2D eigenvalue weighted by molar-refractivity contribution is 6.29. The summed E-state index contributed by atoms with van der Waals surface area (Å²) in [6, 6.07) is 26.2. The minimum atomic E-state index is -0.378. The molecule has 0 saturated carbocycles. The van der Waals surface area contributed by atoms with Crippen molar-refractivity contribution in [1.29, 1.82) is 0 Å². The van der Waals surface area contributed by atoms with Gasteiger partial charge in [-0.1, -0.05) is 72.8 Å². The third-order valence-electron chi connectivity index (χ3n) is 4.35. The molecule has 3 aromatic carbocycles. The number of carbonyl (C=O) groups is 2. The molecule has 2 amide bonds. The van der Waals surface area contributed by atoms with Crippen molar-refractivity contribution in [3.8, 4) is 0 Å². The number of amides is 2. The average molecular weight is 399 g/mol. The molecule has 0 aromatic heterocycles. The first kappa shape index (κ1) is 21.1. The molecular formula is C26H26N2O2. The second-order valence-corrected chi connectivity index (χ2v) is 8.04. The van der Waals surface area contributed by atoms with Crippen molar-refractivity contribution in [1.82, 2.24) is 5.32 Å². The summed E-state index contributed by atoms with van der Waals surface area (Å²) in [6.45, 7) is 5.76. The minimum absolute atomic E-state index is 0.230. The van der Waals surface area contributed by atoms with Gasteiger partial charge in [0.05, 0.1) is 11.3 Å². The van der Waals surface area contributed by atoms with E-state index in [1.807, 2.05) is 87.5 Å². The third kappa shape index (κ3) is 5.67. The van der Waals surface area contributed by atoms with Crippen molar-refractivity contribution in [3.05, 3.63) is 102 Å². The van der Waals surface area contributed by atoms with Crippen LogP contribution in [0.2, 0.25) is 0 Å². The van der Waals surface area contributed by atoms with Crippen molar-refractivity contribution < 1.29 is 9.59 Å². The number of rotatable bonds is 5. The Hall–Kier alpha value is -3.66. The van der Waals surface area contributed by atoms with Gasteiger partial charge < -0.3 is 10.6 Å². The van der Waals surface area contributed by atoms with Crippen LogP contribution in [0.15, 0.2) is 84.9 Å². The van der Waals surface area contributed by atoms with Crippen LogP contribution in [-0.2, 0) is 4.79 Å². The van der Waals surface area contributed by atoms with E-state index in [4.69, 9.17) is 0 Å². The van der Waals surface area contributed by atoms with E-state index in [2.05, 4.69) is 10.6 Å². The summed E-state index contributed by atoms with van der Waals surface area (Å²) in [4.78, 5) is 26.0. The van der Waals surface area contributed by atoms with Crippen LogP contribution in [0.1, 0.15) is 42.3 Å². The smallest absolute Gasteiger partial charge is 0.256 e. The highest BCUT2D eigenvalue weighted by Gasteiger charge is 2.20. The highest BCUT2D eigenvalue weighted by atomic mass is 16.2. The van der Waals surface area contributed by atoms with Crippen LogP contribution >= 0.6 is 0 Å². The number of anilines is 1. The number of carbonyl (C=O) groups excluding carboxylic acids is 2. The van der Waals surface area contributed by atoms with Crippen LogP contribution in [0.4, 0.5) is 5.69 Å². The number of para-hydroxylation sites is 1. The Kier molecular flexibility index (Phi) is 6.48. The molecule has 2 N–H and O–H groups in total. The Balaban J connectivity index is 1.94. The van der Waals surface area contributed by atoms with Crippen LogP contribution in [-0.4, -0.2) is 17.4 Å². The van der Waals surface area contributed by atoms with Gasteiger partial charge in [-0.05, 0) is 50.1 Å². The summed E-state index contributed by atoms with van der Waals surface area (Å²) in [5, 5.41) is 5.87. The fourth-order valence-corrected chi connectivity index (χ4v) is 3.00. The first-order valence-corrected chi connectivity index (χ1v) is 9.88. The van der Waals surface area contributed by atoms with Gasteiger partial charge in [0.25, 0.3) is 11.8 Å². The quantitative estimate of drug-likeness (QED) is 0.447. The van der Waals surface area contributed by atoms with E-state index in [0.29, 0.717) is 16.8 Å². The second kappa shape index (κ2) is 9.23. The predicted molar refractivity (Wildman–Crippen MR) is 123 cm³/mol. The van der Waals surface area contributed by atoms with Crippen molar-refractivity contribution in [2.75, 3.05) is 5.32 Å². The summed E-state index contributed by atoms with van der Waals surface area (Å²) in [6.07, 6.45) is 1.85. The molecule has 0 atom stereocenters. The lowest BCUT2D eigenvalue weighted by atomic mass is 10.0. The maximum absolute atomic E-state index is 13.3. The lowest BCUT2D eigenvalue weighted by molar-refractivity contribution is -0.111. The van der Waals surface area contributed by atoms with E-state index >= 15 is 0 Å². The molecule has 0 aliphatic heterocycles. The van der Waals surface area contributed by atoms with Gasteiger partial charge in [0.15, 0.2) is 0 Å². The maximum atomic E-state index is 13.3. The normalized spacial score (nSPS) is 11.6. The average Bonchev–Trinajstić information content (AvgIpc) is 2.72. The summed E-state index contributed by atoms with van der Waals surface area (Å²) < 4.78 is 0. The van der Waals surface area contributed by atoms with Crippen LogP contribution in [0.3, 0.4) is 0 Å². The van der Waals surface area contributed by atoms with Crippen LogP contribution in [0, 0.1) is 0 Å². The largest absolute Gasteiger partial charge is 0.347 e. The van der Waals surface area contributed by atoms with E-state index in [-0.39, 0.29) is 17.4 Å². The predicted octanol–water partition coefficient (Wildman–Crippen LogP) is 5.39. The van der Waals surface area contributed by atoms with Crippen LogP contribution in [0.5, 0.6) is 0 Å². The molecule has 0 aliphatic rings. The Labute approximate surface area is 177 Å². The number of hydrogen-bond donors (Lipinski definition) is 2. The summed E-state index contributed by atoms with van der Waals surface area (Å²) in [5.74, 6) is -0.507. The Morgan fingerprint density at radius 2 is 1.33 bits per heavy atom. The molecule has 0 unspecified atom stereocenters.